The summed E-state index contributed by atoms with van der Waals surface area (Å²) in [6.45, 7) is 0. The Morgan fingerprint density at radius 1 is 0.273 bits per heavy atom. The monoisotopic (exact) mass is 702 g/mol. The Morgan fingerprint density at radius 3 is 1.04 bits per heavy atom. The summed E-state index contributed by atoms with van der Waals surface area (Å²) in [7, 11) is 0. The smallest absolute Gasteiger partial charge is 0.166 e. The van der Waals surface area contributed by atoms with Crippen molar-refractivity contribution in [2.75, 3.05) is 0 Å². The quantitative estimate of drug-likeness (QED) is 0.166. The van der Waals surface area contributed by atoms with E-state index in [0.717, 1.165) is 44.5 Å². The van der Waals surface area contributed by atoms with E-state index in [4.69, 9.17) is 15.0 Å². The molecule has 0 aliphatic heterocycles. The van der Waals surface area contributed by atoms with E-state index in [0.29, 0.717) is 17.5 Å². The van der Waals surface area contributed by atoms with Crippen LogP contribution in [-0.4, -0.2) is 19.5 Å². The average Bonchev–Trinajstić information content (AvgIpc) is 3.60. The molecule has 0 atom stereocenters. The minimum Gasteiger partial charge on any atom is -0.308 e. The fourth-order valence-electron chi connectivity index (χ4n) is 7.55. The van der Waals surface area contributed by atoms with Crippen LogP contribution in [0.2, 0.25) is 0 Å². The van der Waals surface area contributed by atoms with E-state index >= 15 is 0 Å². The first kappa shape index (κ1) is 32.2. The third kappa shape index (κ3) is 6.06. The fourth-order valence-corrected chi connectivity index (χ4v) is 7.55. The predicted molar refractivity (Wildman–Crippen MR) is 227 cm³/mol. The van der Waals surface area contributed by atoms with Crippen LogP contribution in [0, 0.1) is 0 Å². The highest BCUT2D eigenvalue weighted by atomic mass is 15.1. The molecular weight excluding hydrogens is 669 g/mol. The molecule has 10 aromatic rings. The molecule has 0 bridgehead atoms. The molecule has 0 aliphatic rings. The van der Waals surface area contributed by atoms with Crippen LogP contribution < -0.4 is 0 Å². The van der Waals surface area contributed by atoms with Gasteiger partial charge < -0.3 is 4.57 Å². The average molecular weight is 703 g/mol. The minimum absolute atomic E-state index is 0.609. The fraction of sp³-hybridized carbons (Fsp3) is 0. The van der Waals surface area contributed by atoms with Crippen molar-refractivity contribution in [1.82, 2.24) is 19.5 Å². The lowest BCUT2D eigenvalue weighted by Gasteiger charge is -2.16. The highest BCUT2D eigenvalue weighted by Crippen LogP contribution is 2.41. The number of hydrogen-bond acceptors (Lipinski definition) is 3. The second-order valence-electron chi connectivity index (χ2n) is 13.7. The molecule has 55 heavy (non-hydrogen) atoms. The standard InChI is InChI=1S/C51H34N4/c1-6-16-35(17-7-1)40-26-29-46-43(32-40)44-33-41(36-18-8-2-9-19-36)27-30-47(44)55(46)48-31-28-42(37-20-10-3-11-21-37)34-45(48)51-53-49(38-22-12-4-13-23-38)52-50(54-51)39-24-14-5-15-25-39/h1-34H. The highest BCUT2D eigenvalue weighted by Gasteiger charge is 2.21. The molecule has 0 unspecified atom stereocenters. The van der Waals surface area contributed by atoms with Gasteiger partial charge in [-0.2, -0.15) is 0 Å². The van der Waals surface area contributed by atoms with E-state index in [2.05, 4.69) is 174 Å². The molecule has 258 valence electrons. The van der Waals surface area contributed by atoms with Gasteiger partial charge in [-0.05, 0) is 69.8 Å². The van der Waals surface area contributed by atoms with Gasteiger partial charge in [-0.15, -0.1) is 0 Å². The van der Waals surface area contributed by atoms with Crippen molar-refractivity contribution in [1.29, 1.82) is 0 Å². The van der Waals surface area contributed by atoms with E-state index in [9.17, 15) is 0 Å². The molecular formula is C51H34N4. The van der Waals surface area contributed by atoms with Crippen molar-refractivity contribution in [2.24, 2.45) is 0 Å². The van der Waals surface area contributed by atoms with Crippen molar-refractivity contribution in [3.8, 4) is 73.2 Å². The normalized spacial score (nSPS) is 11.3. The molecule has 10 rings (SSSR count). The van der Waals surface area contributed by atoms with Gasteiger partial charge in [0.25, 0.3) is 0 Å². The zero-order valence-electron chi connectivity index (χ0n) is 29.9. The maximum Gasteiger partial charge on any atom is 0.166 e. The lowest BCUT2D eigenvalue weighted by Crippen LogP contribution is -2.04. The Balaban J connectivity index is 1.27. The van der Waals surface area contributed by atoms with Gasteiger partial charge >= 0.3 is 0 Å². The van der Waals surface area contributed by atoms with Gasteiger partial charge in [-0.25, -0.2) is 15.0 Å². The van der Waals surface area contributed by atoms with Gasteiger partial charge in [-0.3, -0.25) is 0 Å². The number of fused-ring (bicyclic) bond motifs is 3. The lowest BCUT2D eigenvalue weighted by atomic mass is 10.0. The van der Waals surface area contributed by atoms with E-state index in [1.165, 1.54) is 33.0 Å². The van der Waals surface area contributed by atoms with Crippen LogP contribution in [0.4, 0.5) is 0 Å². The zero-order valence-corrected chi connectivity index (χ0v) is 29.9. The van der Waals surface area contributed by atoms with Gasteiger partial charge in [-0.1, -0.05) is 170 Å². The summed E-state index contributed by atoms with van der Waals surface area (Å²) in [5, 5.41) is 2.36. The summed E-state index contributed by atoms with van der Waals surface area (Å²) in [5.41, 5.74) is 12.9. The first-order valence-electron chi connectivity index (χ1n) is 18.5. The van der Waals surface area contributed by atoms with Crippen molar-refractivity contribution in [2.45, 2.75) is 0 Å². The van der Waals surface area contributed by atoms with Crippen molar-refractivity contribution in [3.63, 3.8) is 0 Å². The maximum atomic E-state index is 5.24. The molecule has 0 radical (unpaired) electrons. The molecule has 0 saturated heterocycles. The summed E-state index contributed by atoms with van der Waals surface area (Å²) in [4.78, 5) is 15.5. The van der Waals surface area contributed by atoms with Crippen LogP contribution in [0.25, 0.3) is 95.0 Å². The number of hydrogen-bond donors (Lipinski definition) is 0. The van der Waals surface area contributed by atoms with Crippen molar-refractivity contribution < 1.29 is 0 Å². The van der Waals surface area contributed by atoms with Gasteiger partial charge in [0.1, 0.15) is 0 Å². The van der Waals surface area contributed by atoms with Gasteiger partial charge in [0.2, 0.25) is 0 Å². The predicted octanol–water partition coefficient (Wildman–Crippen LogP) is 13.0. The third-order valence-corrected chi connectivity index (χ3v) is 10.3. The van der Waals surface area contributed by atoms with Crippen LogP contribution in [0.15, 0.2) is 206 Å². The van der Waals surface area contributed by atoms with Crippen LogP contribution >= 0.6 is 0 Å². The lowest BCUT2D eigenvalue weighted by molar-refractivity contribution is 1.06. The Bertz CT molecular complexity index is 2790. The molecule has 0 saturated carbocycles. The first-order valence-corrected chi connectivity index (χ1v) is 18.5. The molecule has 0 N–H and O–H groups in total. The minimum atomic E-state index is 0.609. The van der Waals surface area contributed by atoms with E-state index < -0.39 is 0 Å². The topological polar surface area (TPSA) is 43.6 Å². The Hall–Kier alpha value is -7.43. The molecule has 4 heteroatoms. The Morgan fingerprint density at radius 2 is 0.618 bits per heavy atom. The van der Waals surface area contributed by atoms with Gasteiger partial charge in [0, 0.05) is 27.5 Å². The number of nitrogens with zero attached hydrogens (tertiary/aromatic N) is 4. The number of aromatic nitrogens is 4. The molecule has 4 nitrogen and oxygen atoms in total. The summed E-state index contributed by atoms with van der Waals surface area (Å²) in [5.74, 6) is 1.86. The van der Waals surface area contributed by atoms with Crippen LogP contribution in [-0.2, 0) is 0 Å². The summed E-state index contributed by atoms with van der Waals surface area (Å²) in [6, 6.07) is 72.3. The van der Waals surface area contributed by atoms with Crippen LogP contribution in [0.5, 0.6) is 0 Å². The van der Waals surface area contributed by atoms with E-state index in [1.54, 1.807) is 0 Å². The number of benzene rings is 8. The largest absolute Gasteiger partial charge is 0.308 e. The summed E-state index contributed by atoms with van der Waals surface area (Å²) in [6.07, 6.45) is 0. The molecule has 0 spiro atoms. The molecule has 0 fully saturated rings. The highest BCUT2D eigenvalue weighted by molar-refractivity contribution is 6.12. The summed E-state index contributed by atoms with van der Waals surface area (Å²) >= 11 is 0. The third-order valence-electron chi connectivity index (χ3n) is 10.3. The molecule has 8 aromatic carbocycles. The van der Waals surface area contributed by atoms with Gasteiger partial charge in [0.05, 0.1) is 16.7 Å². The van der Waals surface area contributed by atoms with E-state index in [1.807, 2.05) is 36.4 Å². The Labute approximate surface area is 319 Å². The Kier molecular flexibility index (Phi) is 8.12. The zero-order chi connectivity index (χ0) is 36.6. The van der Waals surface area contributed by atoms with Gasteiger partial charge in [0.15, 0.2) is 17.5 Å². The molecule has 0 amide bonds. The second-order valence-corrected chi connectivity index (χ2v) is 13.7. The van der Waals surface area contributed by atoms with Crippen molar-refractivity contribution >= 4 is 21.8 Å². The molecule has 0 aliphatic carbocycles. The maximum absolute atomic E-state index is 5.24. The van der Waals surface area contributed by atoms with Crippen molar-refractivity contribution in [3.05, 3.63) is 206 Å². The van der Waals surface area contributed by atoms with E-state index in [-0.39, 0.29) is 0 Å². The van der Waals surface area contributed by atoms with Crippen LogP contribution in [0.1, 0.15) is 0 Å². The number of rotatable bonds is 7. The SMILES string of the molecule is c1ccc(-c2ccc(-n3c4ccc(-c5ccccc5)cc4c4cc(-c5ccccc5)ccc43)c(-c3nc(-c4ccccc4)nc(-c4ccccc4)n3)c2)cc1. The first-order chi connectivity index (χ1) is 27.3. The van der Waals surface area contributed by atoms with Crippen LogP contribution in [0.3, 0.4) is 0 Å². The second kappa shape index (κ2) is 13.8. The molecule has 2 aromatic heterocycles. The summed E-state index contributed by atoms with van der Waals surface area (Å²) < 4.78 is 2.38. The molecule has 2 heterocycles.